The predicted molar refractivity (Wildman–Crippen MR) is 101 cm³/mol. The topological polar surface area (TPSA) is 69.7 Å². The number of hydrogen-bond donors (Lipinski definition) is 1. The lowest BCUT2D eigenvalue weighted by atomic mass is 9.92. The van der Waals surface area contributed by atoms with E-state index < -0.39 is 17.5 Å². The molecule has 4 amide bonds. The van der Waals surface area contributed by atoms with Gasteiger partial charge in [0.15, 0.2) is 0 Å². The molecular weight excluding hydrogens is 398 g/mol. The lowest BCUT2D eigenvalue weighted by Gasteiger charge is -2.25. The van der Waals surface area contributed by atoms with Gasteiger partial charge in [-0.25, -0.2) is 4.79 Å². The number of nitrogens with zero attached hydrogens (tertiary/aromatic N) is 2. The van der Waals surface area contributed by atoms with E-state index in [0.29, 0.717) is 18.0 Å². The second kappa shape index (κ2) is 7.39. The standard InChI is InChI=1S/C19H24BrN3O3/c1-3-9-22(11-13-7-8-13)16(24)12-23-17(25)19(2,21-18(23)26)14-5-4-6-15(20)10-14/h4-6,10,13H,3,7-9,11-12H2,1-2H3,(H,21,26). The van der Waals surface area contributed by atoms with Crippen LogP contribution in [0.2, 0.25) is 0 Å². The maximum absolute atomic E-state index is 13.0. The Morgan fingerprint density at radius 1 is 1.38 bits per heavy atom. The van der Waals surface area contributed by atoms with E-state index in [4.69, 9.17) is 0 Å². The first kappa shape index (κ1) is 18.9. The number of benzene rings is 1. The third-order valence-electron chi connectivity index (χ3n) is 4.99. The van der Waals surface area contributed by atoms with Crippen molar-refractivity contribution in [1.29, 1.82) is 0 Å². The smallest absolute Gasteiger partial charge is 0.325 e. The predicted octanol–water partition coefficient (Wildman–Crippen LogP) is 2.86. The Balaban J connectivity index is 1.75. The Kier molecular flexibility index (Phi) is 5.37. The minimum atomic E-state index is -1.16. The summed E-state index contributed by atoms with van der Waals surface area (Å²) in [5, 5.41) is 2.75. The zero-order chi connectivity index (χ0) is 18.9. The van der Waals surface area contributed by atoms with Gasteiger partial charge in [0.25, 0.3) is 5.91 Å². The van der Waals surface area contributed by atoms with E-state index in [1.165, 1.54) is 0 Å². The molecule has 1 N–H and O–H groups in total. The molecular formula is C19H24BrN3O3. The average molecular weight is 422 g/mol. The molecule has 2 fully saturated rings. The quantitative estimate of drug-likeness (QED) is 0.688. The summed E-state index contributed by atoms with van der Waals surface area (Å²) >= 11 is 3.39. The lowest BCUT2D eigenvalue weighted by Crippen LogP contribution is -2.45. The third-order valence-corrected chi connectivity index (χ3v) is 5.49. The second-order valence-corrected chi connectivity index (χ2v) is 8.16. The van der Waals surface area contributed by atoms with Gasteiger partial charge in [0, 0.05) is 17.6 Å². The van der Waals surface area contributed by atoms with E-state index in [1.54, 1.807) is 24.0 Å². The number of imide groups is 1. The highest BCUT2D eigenvalue weighted by atomic mass is 79.9. The fraction of sp³-hybridized carbons (Fsp3) is 0.526. The molecule has 26 heavy (non-hydrogen) atoms. The maximum atomic E-state index is 13.0. The van der Waals surface area contributed by atoms with Crippen LogP contribution >= 0.6 is 15.9 Å². The van der Waals surface area contributed by atoms with Crippen molar-refractivity contribution in [2.75, 3.05) is 19.6 Å². The summed E-state index contributed by atoms with van der Waals surface area (Å²) in [6.07, 6.45) is 3.16. The number of nitrogens with one attached hydrogen (secondary N) is 1. The number of carbonyl (C=O) groups excluding carboxylic acids is 3. The van der Waals surface area contributed by atoms with Crippen LogP contribution in [-0.4, -0.2) is 47.3 Å². The molecule has 1 aliphatic carbocycles. The first-order valence-corrected chi connectivity index (χ1v) is 9.82. The number of urea groups is 1. The van der Waals surface area contributed by atoms with Crippen molar-refractivity contribution in [1.82, 2.24) is 15.1 Å². The summed E-state index contributed by atoms with van der Waals surface area (Å²) in [5.74, 6) is 0.0121. The Bertz CT molecular complexity index is 734. The van der Waals surface area contributed by atoms with Gasteiger partial charge in [0.2, 0.25) is 5.91 Å². The Labute approximate surface area is 162 Å². The molecule has 0 radical (unpaired) electrons. The fourth-order valence-electron chi connectivity index (χ4n) is 3.27. The molecule has 1 unspecified atom stereocenters. The van der Waals surface area contributed by atoms with Crippen LogP contribution in [0.1, 0.15) is 38.7 Å². The van der Waals surface area contributed by atoms with Crippen molar-refractivity contribution in [2.24, 2.45) is 5.92 Å². The highest BCUT2D eigenvalue weighted by Gasteiger charge is 2.49. The van der Waals surface area contributed by atoms with Crippen LogP contribution in [0.4, 0.5) is 4.79 Å². The van der Waals surface area contributed by atoms with Crippen LogP contribution in [0.3, 0.4) is 0 Å². The SMILES string of the molecule is CCCN(CC1CC1)C(=O)CN1C(=O)NC(C)(c2cccc(Br)c2)C1=O. The molecule has 1 atom stereocenters. The van der Waals surface area contributed by atoms with E-state index in [0.717, 1.165) is 35.2 Å². The zero-order valence-corrected chi connectivity index (χ0v) is 16.7. The lowest BCUT2D eigenvalue weighted by molar-refractivity contribution is -0.139. The van der Waals surface area contributed by atoms with Crippen LogP contribution in [-0.2, 0) is 15.1 Å². The van der Waals surface area contributed by atoms with Crippen molar-refractivity contribution < 1.29 is 14.4 Å². The summed E-state index contributed by atoms with van der Waals surface area (Å²) in [6.45, 7) is 4.86. The molecule has 1 saturated heterocycles. The van der Waals surface area contributed by atoms with E-state index in [1.807, 2.05) is 19.1 Å². The van der Waals surface area contributed by atoms with Gasteiger partial charge in [-0.1, -0.05) is 35.0 Å². The highest BCUT2D eigenvalue weighted by Crippen LogP contribution is 2.31. The summed E-state index contributed by atoms with van der Waals surface area (Å²) in [4.78, 5) is 40.9. The van der Waals surface area contributed by atoms with Crippen molar-refractivity contribution in [3.8, 4) is 0 Å². The fourth-order valence-corrected chi connectivity index (χ4v) is 3.67. The minimum absolute atomic E-state index is 0.166. The summed E-state index contributed by atoms with van der Waals surface area (Å²) in [5.41, 5.74) is -0.476. The Morgan fingerprint density at radius 3 is 2.73 bits per heavy atom. The Morgan fingerprint density at radius 2 is 2.12 bits per heavy atom. The van der Waals surface area contributed by atoms with Crippen LogP contribution < -0.4 is 5.32 Å². The number of carbonyl (C=O) groups is 3. The summed E-state index contributed by atoms with van der Waals surface area (Å²) < 4.78 is 0.825. The zero-order valence-electron chi connectivity index (χ0n) is 15.1. The van der Waals surface area contributed by atoms with E-state index in [2.05, 4.69) is 21.2 Å². The molecule has 1 heterocycles. The van der Waals surface area contributed by atoms with Gasteiger partial charge in [-0.2, -0.15) is 0 Å². The molecule has 1 aromatic rings. The third kappa shape index (κ3) is 3.77. The molecule has 0 bridgehead atoms. The number of amides is 4. The van der Waals surface area contributed by atoms with Gasteiger partial charge in [-0.3, -0.25) is 14.5 Å². The monoisotopic (exact) mass is 421 g/mol. The normalized spacial score (nSPS) is 22.5. The first-order valence-electron chi connectivity index (χ1n) is 9.03. The van der Waals surface area contributed by atoms with E-state index >= 15 is 0 Å². The molecule has 0 spiro atoms. The van der Waals surface area contributed by atoms with Crippen molar-refractivity contribution in [3.63, 3.8) is 0 Å². The minimum Gasteiger partial charge on any atom is -0.341 e. The van der Waals surface area contributed by atoms with Gasteiger partial charge in [0.1, 0.15) is 12.1 Å². The van der Waals surface area contributed by atoms with Crippen LogP contribution in [0.5, 0.6) is 0 Å². The van der Waals surface area contributed by atoms with Crippen molar-refractivity contribution in [3.05, 3.63) is 34.3 Å². The number of rotatable bonds is 7. The summed E-state index contributed by atoms with van der Waals surface area (Å²) in [7, 11) is 0. The molecule has 3 rings (SSSR count). The average Bonchev–Trinajstić information content (AvgIpc) is 3.38. The molecule has 7 heteroatoms. The van der Waals surface area contributed by atoms with Gasteiger partial charge in [-0.05, 0) is 49.8 Å². The molecule has 1 aromatic carbocycles. The molecule has 1 aliphatic heterocycles. The van der Waals surface area contributed by atoms with Crippen LogP contribution in [0.25, 0.3) is 0 Å². The first-order chi connectivity index (χ1) is 12.3. The molecule has 1 saturated carbocycles. The van der Waals surface area contributed by atoms with E-state index in [9.17, 15) is 14.4 Å². The molecule has 0 aromatic heterocycles. The van der Waals surface area contributed by atoms with Gasteiger partial charge in [-0.15, -0.1) is 0 Å². The number of hydrogen-bond acceptors (Lipinski definition) is 3. The summed E-state index contributed by atoms with van der Waals surface area (Å²) in [6, 6.07) is 6.76. The van der Waals surface area contributed by atoms with Crippen LogP contribution in [0.15, 0.2) is 28.7 Å². The van der Waals surface area contributed by atoms with Crippen molar-refractivity contribution >= 4 is 33.8 Å². The maximum Gasteiger partial charge on any atom is 0.325 e. The largest absolute Gasteiger partial charge is 0.341 e. The van der Waals surface area contributed by atoms with Gasteiger partial charge < -0.3 is 10.2 Å². The molecule has 6 nitrogen and oxygen atoms in total. The Hall–Kier alpha value is -1.89. The number of halogens is 1. The van der Waals surface area contributed by atoms with Crippen molar-refractivity contribution in [2.45, 2.75) is 38.6 Å². The molecule has 140 valence electrons. The molecule has 2 aliphatic rings. The van der Waals surface area contributed by atoms with Gasteiger partial charge >= 0.3 is 6.03 Å². The van der Waals surface area contributed by atoms with Gasteiger partial charge in [0.05, 0.1) is 0 Å². The van der Waals surface area contributed by atoms with E-state index in [-0.39, 0.29) is 12.5 Å². The second-order valence-electron chi connectivity index (χ2n) is 7.24. The highest BCUT2D eigenvalue weighted by molar-refractivity contribution is 9.10. The van der Waals surface area contributed by atoms with Crippen LogP contribution in [0, 0.1) is 5.92 Å².